The first-order valence-corrected chi connectivity index (χ1v) is 10.5. The van der Waals surface area contributed by atoms with Crippen molar-refractivity contribution in [1.29, 1.82) is 0 Å². The molecule has 0 radical (unpaired) electrons. The Bertz CT molecular complexity index is 1310. The van der Waals surface area contributed by atoms with Gasteiger partial charge in [-0.2, -0.15) is 18.2 Å². The summed E-state index contributed by atoms with van der Waals surface area (Å²) in [6, 6.07) is 15.2. The lowest BCUT2D eigenvalue weighted by molar-refractivity contribution is -0.136. The van der Waals surface area contributed by atoms with E-state index in [0.29, 0.717) is 12.1 Å². The van der Waals surface area contributed by atoms with Gasteiger partial charge in [0.05, 0.1) is 5.76 Å². The Labute approximate surface area is 192 Å². The molecule has 4 aromatic rings. The summed E-state index contributed by atoms with van der Waals surface area (Å²) in [6.45, 7) is 5.75. The second-order valence-electron chi connectivity index (χ2n) is 8.10. The molecule has 1 aliphatic rings. The van der Waals surface area contributed by atoms with Gasteiger partial charge in [-0.1, -0.05) is 71.5 Å². The van der Waals surface area contributed by atoms with Gasteiger partial charge in [0.25, 0.3) is 5.89 Å². The van der Waals surface area contributed by atoms with Crippen molar-refractivity contribution in [3.63, 3.8) is 0 Å². The fourth-order valence-electron chi connectivity index (χ4n) is 3.85. The molecule has 0 unspecified atom stereocenters. The van der Waals surface area contributed by atoms with Crippen molar-refractivity contribution in [3.8, 4) is 34.3 Å². The van der Waals surface area contributed by atoms with Crippen LogP contribution in [0.15, 0.2) is 76.0 Å². The Morgan fingerprint density at radius 2 is 1.71 bits per heavy atom. The molecule has 5 rings (SSSR count). The van der Waals surface area contributed by atoms with E-state index in [-0.39, 0.29) is 29.0 Å². The van der Waals surface area contributed by atoms with Crippen molar-refractivity contribution >= 4 is 0 Å². The van der Waals surface area contributed by atoms with E-state index in [1.54, 1.807) is 30.3 Å². The largest absolute Gasteiger partial charge is 0.513 e. The molecule has 7 nitrogen and oxygen atoms in total. The SMILES string of the molecule is C=C(O)C1CN(Cc2ccc(-c3noc(-c4noc(-c5ccccc5)c4C(F)(F)F)n3)cc2)C1. The number of aliphatic hydroxyl groups is 1. The van der Waals surface area contributed by atoms with Crippen molar-refractivity contribution in [2.75, 3.05) is 13.1 Å². The number of aromatic nitrogens is 3. The fourth-order valence-corrected chi connectivity index (χ4v) is 3.85. The average Bonchev–Trinajstić information content (AvgIpc) is 3.44. The van der Waals surface area contributed by atoms with Gasteiger partial charge in [-0.05, 0) is 5.56 Å². The van der Waals surface area contributed by atoms with E-state index in [1.165, 1.54) is 12.1 Å². The topological polar surface area (TPSA) is 88.4 Å². The summed E-state index contributed by atoms with van der Waals surface area (Å²) in [7, 11) is 0. The number of halogens is 3. The van der Waals surface area contributed by atoms with Crippen molar-refractivity contribution in [2.24, 2.45) is 5.92 Å². The molecular weight excluding hydrogens is 449 g/mol. The molecule has 0 spiro atoms. The van der Waals surface area contributed by atoms with E-state index in [1.807, 2.05) is 12.1 Å². The Balaban J connectivity index is 1.37. The first-order valence-electron chi connectivity index (χ1n) is 10.5. The Hall–Kier alpha value is -3.92. The van der Waals surface area contributed by atoms with E-state index in [0.717, 1.165) is 18.7 Å². The number of likely N-dealkylation sites (tertiary alicyclic amines) is 1. The molecule has 0 bridgehead atoms. The first-order chi connectivity index (χ1) is 16.3. The highest BCUT2D eigenvalue weighted by molar-refractivity contribution is 5.70. The number of hydrogen-bond acceptors (Lipinski definition) is 7. The van der Waals surface area contributed by atoms with Gasteiger partial charge in [0.1, 0.15) is 5.56 Å². The lowest BCUT2D eigenvalue weighted by atomic mass is 9.97. The number of benzene rings is 2. The molecule has 0 saturated carbocycles. The molecule has 174 valence electrons. The minimum atomic E-state index is -4.74. The maximum atomic E-state index is 13.9. The first kappa shape index (κ1) is 21.9. The van der Waals surface area contributed by atoms with Gasteiger partial charge in [0, 0.05) is 36.7 Å². The summed E-state index contributed by atoms with van der Waals surface area (Å²) in [5.74, 6) is -0.341. The van der Waals surface area contributed by atoms with Crippen LogP contribution in [0.2, 0.25) is 0 Å². The van der Waals surface area contributed by atoms with Crippen LogP contribution in [0.5, 0.6) is 0 Å². The van der Waals surface area contributed by atoms with Crippen molar-refractivity contribution in [3.05, 3.63) is 78.1 Å². The second kappa shape index (κ2) is 8.45. The fraction of sp³-hybridized carbons (Fsp3) is 0.208. The Kier molecular flexibility index (Phi) is 5.45. The monoisotopic (exact) mass is 468 g/mol. The summed E-state index contributed by atoms with van der Waals surface area (Å²) >= 11 is 0. The normalized spacial score (nSPS) is 14.8. The van der Waals surface area contributed by atoms with Crippen LogP contribution in [-0.2, 0) is 12.7 Å². The van der Waals surface area contributed by atoms with Crippen LogP contribution in [0, 0.1) is 5.92 Å². The molecule has 34 heavy (non-hydrogen) atoms. The molecule has 1 N–H and O–H groups in total. The zero-order chi connectivity index (χ0) is 23.9. The van der Waals surface area contributed by atoms with Gasteiger partial charge >= 0.3 is 6.18 Å². The number of nitrogens with zero attached hydrogens (tertiary/aromatic N) is 4. The lowest BCUT2D eigenvalue weighted by Gasteiger charge is -2.38. The van der Waals surface area contributed by atoms with E-state index >= 15 is 0 Å². The van der Waals surface area contributed by atoms with Gasteiger partial charge in [-0.15, -0.1) is 0 Å². The maximum Gasteiger partial charge on any atom is 0.422 e. The second-order valence-corrected chi connectivity index (χ2v) is 8.10. The zero-order valence-corrected chi connectivity index (χ0v) is 17.8. The molecule has 1 saturated heterocycles. The van der Waals surface area contributed by atoms with E-state index in [2.05, 4.69) is 26.8 Å². The van der Waals surface area contributed by atoms with Crippen molar-refractivity contribution in [1.82, 2.24) is 20.2 Å². The summed E-state index contributed by atoms with van der Waals surface area (Å²) in [4.78, 5) is 6.30. The third-order valence-corrected chi connectivity index (χ3v) is 5.69. The van der Waals surface area contributed by atoms with Gasteiger partial charge in [0.2, 0.25) is 5.82 Å². The molecule has 3 heterocycles. The van der Waals surface area contributed by atoms with Gasteiger partial charge in [-0.3, -0.25) is 4.90 Å². The predicted molar refractivity (Wildman–Crippen MR) is 116 cm³/mol. The van der Waals surface area contributed by atoms with Crippen LogP contribution < -0.4 is 0 Å². The Morgan fingerprint density at radius 3 is 2.35 bits per heavy atom. The minimum absolute atomic E-state index is 0.109. The van der Waals surface area contributed by atoms with Crippen LogP contribution in [0.3, 0.4) is 0 Å². The number of alkyl halides is 3. The molecule has 1 fully saturated rings. The van der Waals surface area contributed by atoms with Crippen LogP contribution in [0.25, 0.3) is 34.3 Å². The highest BCUT2D eigenvalue weighted by Crippen LogP contribution is 2.43. The van der Waals surface area contributed by atoms with E-state index < -0.39 is 23.2 Å². The van der Waals surface area contributed by atoms with E-state index in [9.17, 15) is 18.3 Å². The van der Waals surface area contributed by atoms with Crippen LogP contribution in [-0.4, -0.2) is 38.4 Å². The standard InChI is InChI=1S/C24H19F3N4O3/c1-14(32)18-12-31(13-18)11-15-7-9-17(10-8-15)22-28-23(34-30-22)20-19(24(25,26)27)21(33-29-20)16-5-3-2-4-6-16/h2-10,18,32H,1,11-13H2. The molecule has 10 heteroatoms. The summed E-state index contributed by atoms with van der Waals surface area (Å²) in [6.07, 6.45) is -4.74. The molecule has 1 aliphatic heterocycles. The third kappa shape index (κ3) is 4.19. The van der Waals surface area contributed by atoms with E-state index in [4.69, 9.17) is 9.05 Å². The zero-order valence-electron chi connectivity index (χ0n) is 17.8. The van der Waals surface area contributed by atoms with Crippen LogP contribution in [0.4, 0.5) is 13.2 Å². The quantitative estimate of drug-likeness (QED) is 0.370. The minimum Gasteiger partial charge on any atom is -0.513 e. The average molecular weight is 468 g/mol. The molecular formula is C24H19F3N4O3. The molecule has 0 amide bonds. The van der Waals surface area contributed by atoms with Crippen LogP contribution in [0.1, 0.15) is 11.1 Å². The predicted octanol–water partition coefficient (Wildman–Crippen LogP) is 5.58. The number of hydrogen-bond donors (Lipinski definition) is 1. The van der Waals surface area contributed by atoms with Crippen molar-refractivity contribution < 1.29 is 27.3 Å². The highest BCUT2D eigenvalue weighted by Gasteiger charge is 2.42. The van der Waals surface area contributed by atoms with Gasteiger partial charge < -0.3 is 14.2 Å². The van der Waals surface area contributed by atoms with Crippen molar-refractivity contribution in [2.45, 2.75) is 12.7 Å². The number of rotatable bonds is 6. The maximum absolute atomic E-state index is 13.9. The summed E-state index contributed by atoms with van der Waals surface area (Å²) < 4.78 is 51.8. The molecule has 2 aromatic heterocycles. The number of aliphatic hydroxyl groups excluding tert-OH is 1. The Morgan fingerprint density at radius 1 is 1.00 bits per heavy atom. The third-order valence-electron chi connectivity index (χ3n) is 5.69. The molecule has 2 aromatic carbocycles. The highest BCUT2D eigenvalue weighted by atomic mass is 19.4. The summed E-state index contributed by atoms with van der Waals surface area (Å²) in [5, 5.41) is 16.8. The molecule has 0 aliphatic carbocycles. The lowest BCUT2D eigenvalue weighted by Crippen LogP contribution is -2.46. The van der Waals surface area contributed by atoms with Gasteiger partial charge in [-0.25, -0.2) is 0 Å². The summed E-state index contributed by atoms with van der Waals surface area (Å²) in [5.41, 5.74) is 0.241. The smallest absolute Gasteiger partial charge is 0.422 e. The van der Waals surface area contributed by atoms with Gasteiger partial charge in [0.15, 0.2) is 11.5 Å². The molecule has 0 atom stereocenters. The van der Waals surface area contributed by atoms with Crippen LogP contribution >= 0.6 is 0 Å².